The Morgan fingerprint density at radius 1 is 0.872 bits per heavy atom. The van der Waals surface area contributed by atoms with Crippen molar-refractivity contribution in [1.82, 2.24) is 24.7 Å². The first-order valence-electron chi connectivity index (χ1n) is 11.3. The largest absolute Gasteiger partial charge is 0.490 e. The standard InChI is InChI=1S/C25H19N5O2.C2HF3O2/c31-25(32)19-8-6-17(7-9-19)15-30-16-21(13-28-30)20-10-11-26-22(12-20)24-27-14-23(29-24)18-4-2-1-3-5-18;3-2(4,5)1(6)7/h1-14,16H,15H2,(H,27,29)(H,31,32);(H,6,7). The second kappa shape index (κ2) is 11.4. The number of nitrogens with one attached hydrogen (secondary N) is 1. The number of benzene rings is 2. The van der Waals surface area contributed by atoms with E-state index in [0.717, 1.165) is 33.6 Å². The highest BCUT2D eigenvalue weighted by atomic mass is 19.4. The van der Waals surface area contributed by atoms with Crippen LogP contribution in [-0.4, -0.2) is 53.1 Å². The number of carboxylic acid groups (broad SMARTS) is 2. The minimum absolute atomic E-state index is 0.271. The van der Waals surface area contributed by atoms with Crippen LogP contribution in [0.3, 0.4) is 0 Å². The number of alkyl halides is 3. The van der Waals surface area contributed by atoms with E-state index >= 15 is 0 Å². The highest BCUT2D eigenvalue weighted by molar-refractivity contribution is 5.87. The predicted molar refractivity (Wildman–Crippen MR) is 135 cm³/mol. The predicted octanol–water partition coefficient (Wildman–Crippen LogP) is 5.38. The van der Waals surface area contributed by atoms with Gasteiger partial charge in [0.05, 0.1) is 30.2 Å². The number of hydrogen-bond donors (Lipinski definition) is 3. The molecule has 12 heteroatoms. The summed E-state index contributed by atoms with van der Waals surface area (Å²) in [4.78, 5) is 32.2. The Kier molecular flexibility index (Phi) is 7.85. The summed E-state index contributed by atoms with van der Waals surface area (Å²) in [5, 5.41) is 20.6. The van der Waals surface area contributed by atoms with Crippen LogP contribution in [0, 0.1) is 0 Å². The van der Waals surface area contributed by atoms with Gasteiger partial charge < -0.3 is 15.2 Å². The molecule has 3 N–H and O–H groups in total. The lowest BCUT2D eigenvalue weighted by Gasteiger charge is -2.03. The minimum Gasteiger partial charge on any atom is -0.478 e. The number of rotatable bonds is 6. The summed E-state index contributed by atoms with van der Waals surface area (Å²) >= 11 is 0. The van der Waals surface area contributed by atoms with Crippen molar-refractivity contribution in [2.24, 2.45) is 0 Å². The molecule has 0 radical (unpaired) electrons. The van der Waals surface area contributed by atoms with Gasteiger partial charge in [-0.3, -0.25) is 9.67 Å². The van der Waals surface area contributed by atoms with Crippen LogP contribution in [0.15, 0.2) is 91.5 Å². The Labute approximate surface area is 219 Å². The molecule has 3 heterocycles. The van der Waals surface area contributed by atoms with Crippen molar-refractivity contribution in [3.63, 3.8) is 0 Å². The van der Waals surface area contributed by atoms with E-state index in [0.29, 0.717) is 12.4 Å². The maximum absolute atomic E-state index is 11.0. The molecule has 0 aliphatic heterocycles. The molecule has 0 aliphatic carbocycles. The normalized spacial score (nSPS) is 10.9. The third-order valence-electron chi connectivity index (χ3n) is 5.42. The van der Waals surface area contributed by atoms with Gasteiger partial charge in [0.1, 0.15) is 5.69 Å². The Hall–Kier alpha value is -5.26. The van der Waals surface area contributed by atoms with E-state index in [2.05, 4.69) is 20.1 Å². The molecule has 0 fully saturated rings. The summed E-state index contributed by atoms with van der Waals surface area (Å²) in [7, 11) is 0. The van der Waals surface area contributed by atoms with E-state index in [4.69, 9.17) is 15.0 Å². The fraction of sp³-hybridized carbons (Fsp3) is 0.0741. The van der Waals surface area contributed by atoms with E-state index in [9.17, 15) is 18.0 Å². The molecule has 0 bridgehead atoms. The van der Waals surface area contributed by atoms with Gasteiger partial charge in [0.25, 0.3) is 0 Å². The first kappa shape index (κ1) is 26.8. The zero-order valence-corrected chi connectivity index (χ0v) is 20.0. The summed E-state index contributed by atoms with van der Waals surface area (Å²) in [5.41, 5.74) is 5.96. The highest BCUT2D eigenvalue weighted by Crippen LogP contribution is 2.25. The number of carboxylic acids is 2. The summed E-state index contributed by atoms with van der Waals surface area (Å²) in [6.07, 6.45) is 2.26. The van der Waals surface area contributed by atoms with Crippen molar-refractivity contribution in [2.45, 2.75) is 12.7 Å². The van der Waals surface area contributed by atoms with E-state index in [1.165, 1.54) is 0 Å². The van der Waals surface area contributed by atoms with Gasteiger partial charge in [0, 0.05) is 18.0 Å². The fourth-order valence-electron chi connectivity index (χ4n) is 3.49. The Bertz CT molecular complexity index is 1580. The van der Waals surface area contributed by atoms with Crippen LogP contribution >= 0.6 is 0 Å². The number of imidazole rings is 1. The maximum atomic E-state index is 11.0. The minimum atomic E-state index is -5.08. The molecule has 5 aromatic rings. The summed E-state index contributed by atoms with van der Waals surface area (Å²) in [6.45, 7) is 0.552. The molecule has 3 aromatic heterocycles. The number of aromatic carboxylic acids is 1. The molecule has 5 rings (SSSR count). The molecule has 0 amide bonds. The molecule has 0 unspecified atom stereocenters. The molecule has 9 nitrogen and oxygen atoms in total. The second-order valence-electron chi connectivity index (χ2n) is 8.17. The molecule has 0 atom stereocenters. The van der Waals surface area contributed by atoms with Crippen LogP contribution in [0.25, 0.3) is 33.9 Å². The molecule has 0 aliphatic rings. The number of carbonyl (C=O) groups is 2. The van der Waals surface area contributed by atoms with Gasteiger partial charge in [-0.1, -0.05) is 42.5 Å². The van der Waals surface area contributed by atoms with Gasteiger partial charge in [-0.25, -0.2) is 14.6 Å². The lowest BCUT2D eigenvalue weighted by molar-refractivity contribution is -0.192. The lowest BCUT2D eigenvalue weighted by atomic mass is 10.1. The lowest BCUT2D eigenvalue weighted by Crippen LogP contribution is -2.21. The Morgan fingerprint density at radius 3 is 2.21 bits per heavy atom. The third-order valence-corrected chi connectivity index (χ3v) is 5.42. The zero-order chi connectivity index (χ0) is 28.0. The molecular weight excluding hydrogens is 515 g/mol. The molecule has 0 spiro atoms. The first-order valence-corrected chi connectivity index (χ1v) is 11.3. The number of aliphatic carboxylic acids is 1. The summed E-state index contributed by atoms with van der Waals surface area (Å²) < 4.78 is 33.6. The van der Waals surface area contributed by atoms with Crippen LogP contribution in [0.2, 0.25) is 0 Å². The van der Waals surface area contributed by atoms with Crippen LogP contribution < -0.4 is 0 Å². The van der Waals surface area contributed by atoms with Crippen LogP contribution in [-0.2, 0) is 11.3 Å². The highest BCUT2D eigenvalue weighted by Gasteiger charge is 2.38. The average molecular weight is 535 g/mol. The first-order chi connectivity index (χ1) is 18.6. The quantitative estimate of drug-likeness (QED) is 0.266. The second-order valence-corrected chi connectivity index (χ2v) is 8.17. The van der Waals surface area contributed by atoms with Gasteiger partial charge >= 0.3 is 18.1 Å². The van der Waals surface area contributed by atoms with Crippen molar-refractivity contribution in [3.8, 4) is 33.9 Å². The summed E-state index contributed by atoms with van der Waals surface area (Å²) in [5.74, 6) is -2.98. The van der Waals surface area contributed by atoms with Crippen molar-refractivity contribution in [3.05, 3.63) is 103 Å². The van der Waals surface area contributed by atoms with E-state index < -0.39 is 18.1 Å². The number of H-pyrrole nitrogens is 1. The molecule has 0 saturated carbocycles. The number of aromatic amines is 1. The molecule has 39 heavy (non-hydrogen) atoms. The van der Waals surface area contributed by atoms with Crippen molar-refractivity contribution in [1.29, 1.82) is 0 Å². The smallest absolute Gasteiger partial charge is 0.478 e. The zero-order valence-electron chi connectivity index (χ0n) is 20.0. The molecule has 0 saturated heterocycles. The monoisotopic (exact) mass is 535 g/mol. The van der Waals surface area contributed by atoms with Crippen LogP contribution in [0.1, 0.15) is 15.9 Å². The number of hydrogen-bond acceptors (Lipinski definition) is 5. The Morgan fingerprint density at radius 2 is 1.56 bits per heavy atom. The van der Waals surface area contributed by atoms with Crippen molar-refractivity contribution in [2.75, 3.05) is 0 Å². The van der Waals surface area contributed by atoms with Gasteiger partial charge in [0.2, 0.25) is 0 Å². The van der Waals surface area contributed by atoms with Gasteiger partial charge in [-0.05, 0) is 41.0 Å². The van der Waals surface area contributed by atoms with Gasteiger partial charge in [-0.15, -0.1) is 0 Å². The van der Waals surface area contributed by atoms with Crippen molar-refractivity contribution < 1.29 is 33.0 Å². The SMILES string of the molecule is O=C(O)C(F)(F)F.O=C(O)c1ccc(Cn2cc(-c3ccnc(-c4ncc(-c5ccccc5)[nH]4)c3)cn2)cc1. The molecular formula is C27H20F3N5O4. The van der Waals surface area contributed by atoms with Gasteiger partial charge in [0.15, 0.2) is 5.82 Å². The third kappa shape index (κ3) is 6.95. The summed E-state index contributed by atoms with van der Waals surface area (Å²) in [6, 6.07) is 20.8. The topological polar surface area (TPSA) is 134 Å². The van der Waals surface area contributed by atoms with E-state index in [-0.39, 0.29) is 5.56 Å². The number of halogens is 3. The van der Waals surface area contributed by atoms with Crippen LogP contribution in [0.4, 0.5) is 13.2 Å². The average Bonchev–Trinajstić information content (AvgIpc) is 3.60. The van der Waals surface area contributed by atoms with Gasteiger partial charge in [-0.2, -0.15) is 18.3 Å². The maximum Gasteiger partial charge on any atom is 0.490 e. The molecule has 198 valence electrons. The fourth-order valence-corrected chi connectivity index (χ4v) is 3.49. The Balaban J connectivity index is 0.000000448. The molecule has 2 aromatic carbocycles. The van der Waals surface area contributed by atoms with E-state index in [1.807, 2.05) is 65.7 Å². The van der Waals surface area contributed by atoms with Crippen LogP contribution in [0.5, 0.6) is 0 Å². The number of nitrogens with zero attached hydrogens (tertiary/aromatic N) is 4. The van der Waals surface area contributed by atoms with Crippen molar-refractivity contribution >= 4 is 11.9 Å². The van der Waals surface area contributed by atoms with E-state index in [1.54, 1.807) is 30.5 Å². The number of pyridine rings is 1. The number of aromatic nitrogens is 5.